The van der Waals surface area contributed by atoms with E-state index in [1.54, 1.807) is 33.8 Å². The number of nitrogens with zero attached hydrogens (tertiary/aromatic N) is 5. The van der Waals surface area contributed by atoms with Gasteiger partial charge in [-0.2, -0.15) is 0 Å². The minimum absolute atomic E-state index is 0.0512. The van der Waals surface area contributed by atoms with Crippen LogP contribution in [-0.4, -0.2) is 58.9 Å². The Morgan fingerprint density at radius 1 is 1.11 bits per heavy atom. The molecule has 2 aromatic carbocycles. The summed E-state index contributed by atoms with van der Waals surface area (Å²) in [4.78, 5) is 31.0. The van der Waals surface area contributed by atoms with Crippen molar-refractivity contribution in [3.05, 3.63) is 69.3 Å². The van der Waals surface area contributed by atoms with Gasteiger partial charge in [0.05, 0.1) is 12.5 Å². The fraction of sp³-hybridized carbons (Fsp3) is 0.360. The van der Waals surface area contributed by atoms with E-state index >= 15 is 0 Å². The maximum atomic E-state index is 14.1. The molecule has 0 fully saturated rings. The molecular formula is C25H26Cl2N6O2. The summed E-state index contributed by atoms with van der Waals surface area (Å²) in [6, 6.07) is 12.6. The lowest BCUT2D eigenvalue weighted by atomic mass is 9.73. The molecule has 2 aliphatic rings. The van der Waals surface area contributed by atoms with Gasteiger partial charge in [0.15, 0.2) is 5.82 Å². The molecule has 2 atom stereocenters. The number of hydrogen-bond donors (Lipinski definition) is 1. The van der Waals surface area contributed by atoms with Crippen molar-refractivity contribution < 1.29 is 9.59 Å². The van der Waals surface area contributed by atoms with Gasteiger partial charge in [-0.3, -0.25) is 9.59 Å². The average Bonchev–Trinajstić information content (AvgIpc) is 3.33. The number of benzene rings is 2. The number of anilines is 2. The zero-order valence-corrected chi connectivity index (χ0v) is 21.3. The third-order valence-electron chi connectivity index (χ3n) is 6.81. The average molecular weight is 513 g/mol. The quantitative estimate of drug-likeness (QED) is 0.536. The van der Waals surface area contributed by atoms with Crippen molar-refractivity contribution in [2.75, 3.05) is 37.4 Å². The molecule has 0 saturated heterocycles. The zero-order valence-electron chi connectivity index (χ0n) is 19.8. The van der Waals surface area contributed by atoms with Crippen molar-refractivity contribution in [1.82, 2.24) is 19.9 Å². The summed E-state index contributed by atoms with van der Waals surface area (Å²) in [5, 5.41) is 12.9. The molecule has 0 radical (unpaired) electrons. The molecule has 0 saturated carbocycles. The van der Waals surface area contributed by atoms with Gasteiger partial charge in [0.1, 0.15) is 11.1 Å². The first kappa shape index (κ1) is 23.8. The molecule has 10 heteroatoms. The van der Waals surface area contributed by atoms with Gasteiger partial charge in [-0.15, -0.1) is 5.10 Å². The van der Waals surface area contributed by atoms with Gasteiger partial charge in [-0.05, 0) is 75.4 Å². The lowest BCUT2D eigenvalue weighted by Crippen LogP contribution is -2.47. The number of amides is 2. The van der Waals surface area contributed by atoms with Gasteiger partial charge in [0.2, 0.25) is 11.8 Å². The van der Waals surface area contributed by atoms with Gasteiger partial charge in [-0.25, -0.2) is 4.68 Å². The number of carbonyl (C=O) groups excluding carboxylic acids is 2. The molecule has 0 unspecified atom stereocenters. The molecule has 1 aromatic heterocycles. The maximum Gasteiger partial charge on any atom is 0.244 e. The third-order valence-corrected chi connectivity index (χ3v) is 7.30. The molecule has 5 rings (SSSR count). The third kappa shape index (κ3) is 3.90. The van der Waals surface area contributed by atoms with Crippen LogP contribution in [0, 0.1) is 0 Å². The summed E-state index contributed by atoms with van der Waals surface area (Å²) >= 11 is 12.4. The standard InChI is InChI=1S/C25H26Cl2N6O2/c1-15(16-5-7-17(26)8-6-16)33-23-22(29-30-33)25(14-21(34)28-23)19-13-18(27)9-10-20(19)32(24(25)35)12-4-11-31(2)3/h5-10,13,15H,4,11-12,14H2,1-3H3,(H,28,34)/t15-,25+/m0/s1. The Kier molecular flexibility index (Phi) is 6.07. The molecule has 0 bridgehead atoms. The van der Waals surface area contributed by atoms with Crippen LogP contribution in [0.2, 0.25) is 10.0 Å². The molecule has 3 heterocycles. The Labute approximate surface area is 213 Å². The molecule has 8 nitrogen and oxygen atoms in total. The molecule has 2 aliphatic heterocycles. The van der Waals surface area contributed by atoms with E-state index in [0.717, 1.165) is 24.2 Å². The van der Waals surface area contributed by atoms with Crippen LogP contribution in [0.1, 0.15) is 42.6 Å². The number of nitrogens with one attached hydrogen (secondary N) is 1. The fourth-order valence-electron chi connectivity index (χ4n) is 5.06. The summed E-state index contributed by atoms with van der Waals surface area (Å²) in [5.74, 6) is -0.00675. The highest BCUT2D eigenvalue weighted by Crippen LogP contribution is 2.52. The SMILES string of the molecule is C[C@@H](c1ccc(Cl)cc1)n1nnc2c1NC(=O)C[C@]21C(=O)N(CCCN(C)C)c2ccc(Cl)cc21. The molecule has 35 heavy (non-hydrogen) atoms. The monoisotopic (exact) mass is 512 g/mol. The molecule has 3 aromatic rings. The van der Waals surface area contributed by atoms with Gasteiger partial charge in [0.25, 0.3) is 0 Å². The summed E-state index contributed by atoms with van der Waals surface area (Å²) in [5.41, 5.74) is 1.58. The highest BCUT2D eigenvalue weighted by Gasteiger charge is 2.58. The van der Waals surface area contributed by atoms with Crippen molar-refractivity contribution >= 4 is 46.5 Å². The molecule has 1 spiro atoms. The van der Waals surface area contributed by atoms with E-state index in [1.165, 1.54) is 0 Å². The smallest absolute Gasteiger partial charge is 0.244 e. The Morgan fingerprint density at radius 3 is 2.54 bits per heavy atom. The van der Waals surface area contributed by atoms with Gasteiger partial charge < -0.3 is 15.1 Å². The van der Waals surface area contributed by atoms with E-state index in [2.05, 4.69) is 20.5 Å². The van der Waals surface area contributed by atoms with Crippen molar-refractivity contribution in [1.29, 1.82) is 0 Å². The number of aromatic nitrogens is 3. The molecular weight excluding hydrogens is 487 g/mol. The predicted octanol–water partition coefficient (Wildman–Crippen LogP) is 4.12. The summed E-state index contributed by atoms with van der Waals surface area (Å²) in [7, 11) is 4.00. The van der Waals surface area contributed by atoms with Crippen molar-refractivity contribution in [3.8, 4) is 0 Å². The Hall–Kier alpha value is -2.94. The van der Waals surface area contributed by atoms with E-state index in [4.69, 9.17) is 23.2 Å². The first-order chi connectivity index (χ1) is 16.7. The van der Waals surface area contributed by atoms with Crippen LogP contribution in [0.5, 0.6) is 0 Å². The highest BCUT2D eigenvalue weighted by atomic mass is 35.5. The second-order valence-electron chi connectivity index (χ2n) is 9.36. The van der Waals surface area contributed by atoms with Gasteiger partial charge in [0, 0.05) is 22.3 Å². The van der Waals surface area contributed by atoms with E-state index in [9.17, 15) is 9.59 Å². The Balaban J connectivity index is 1.62. The number of rotatable bonds is 6. The molecule has 0 aliphatic carbocycles. The second-order valence-corrected chi connectivity index (χ2v) is 10.2. The van der Waals surface area contributed by atoms with Crippen molar-refractivity contribution in [2.24, 2.45) is 0 Å². The van der Waals surface area contributed by atoms with Crippen LogP contribution in [0.25, 0.3) is 0 Å². The van der Waals surface area contributed by atoms with Crippen LogP contribution >= 0.6 is 23.2 Å². The highest BCUT2D eigenvalue weighted by molar-refractivity contribution is 6.31. The predicted molar refractivity (Wildman–Crippen MR) is 136 cm³/mol. The lowest BCUT2D eigenvalue weighted by Gasteiger charge is -2.31. The lowest BCUT2D eigenvalue weighted by molar-refractivity contribution is -0.126. The topological polar surface area (TPSA) is 83.4 Å². The summed E-state index contributed by atoms with van der Waals surface area (Å²) < 4.78 is 1.66. The summed E-state index contributed by atoms with van der Waals surface area (Å²) in [6.45, 7) is 3.32. The number of fused-ring (bicyclic) bond motifs is 4. The van der Waals surface area contributed by atoms with E-state index in [-0.39, 0.29) is 24.3 Å². The van der Waals surface area contributed by atoms with Crippen LogP contribution in [-0.2, 0) is 15.0 Å². The normalized spacial score (nSPS) is 19.8. The van der Waals surface area contributed by atoms with E-state index in [1.807, 2.05) is 39.2 Å². The van der Waals surface area contributed by atoms with Gasteiger partial charge in [-0.1, -0.05) is 40.5 Å². The zero-order chi connectivity index (χ0) is 24.9. The van der Waals surface area contributed by atoms with Crippen LogP contribution < -0.4 is 10.2 Å². The van der Waals surface area contributed by atoms with E-state index in [0.29, 0.717) is 33.7 Å². The van der Waals surface area contributed by atoms with E-state index < -0.39 is 5.41 Å². The minimum Gasteiger partial charge on any atom is -0.311 e. The van der Waals surface area contributed by atoms with Crippen LogP contribution in [0.4, 0.5) is 11.5 Å². The first-order valence-corrected chi connectivity index (χ1v) is 12.3. The van der Waals surface area contributed by atoms with Crippen molar-refractivity contribution in [3.63, 3.8) is 0 Å². The van der Waals surface area contributed by atoms with Gasteiger partial charge >= 0.3 is 0 Å². The van der Waals surface area contributed by atoms with Crippen LogP contribution in [0.15, 0.2) is 42.5 Å². The molecule has 2 amide bonds. The second kappa shape index (κ2) is 8.93. The Bertz CT molecular complexity index is 1310. The number of hydrogen-bond acceptors (Lipinski definition) is 5. The molecule has 182 valence electrons. The van der Waals surface area contributed by atoms with Crippen LogP contribution in [0.3, 0.4) is 0 Å². The fourth-order valence-corrected chi connectivity index (χ4v) is 5.36. The maximum absolute atomic E-state index is 14.1. The summed E-state index contributed by atoms with van der Waals surface area (Å²) in [6.07, 6.45) is 0.737. The number of halogens is 2. The minimum atomic E-state index is -1.27. The number of carbonyl (C=O) groups is 2. The van der Waals surface area contributed by atoms with Crippen molar-refractivity contribution in [2.45, 2.75) is 31.2 Å². The Morgan fingerprint density at radius 2 is 1.83 bits per heavy atom. The molecule has 1 N–H and O–H groups in total. The first-order valence-electron chi connectivity index (χ1n) is 11.5. The largest absolute Gasteiger partial charge is 0.311 e.